The molecule has 0 bridgehead atoms. The van der Waals surface area contributed by atoms with E-state index in [-0.39, 0.29) is 18.4 Å². The molecule has 2 aromatic rings. The second-order valence-corrected chi connectivity index (χ2v) is 7.36. The van der Waals surface area contributed by atoms with E-state index in [2.05, 4.69) is 21.7 Å². The molecule has 0 spiro atoms. The zero-order chi connectivity index (χ0) is 18.5. The molecule has 0 aliphatic carbocycles. The number of amides is 2. The molecule has 3 rings (SSSR count). The monoisotopic (exact) mass is 373 g/mol. The van der Waals surface area contributed by atoms with Crippen LogP contribution in [0.1, 0.15) is 10.4 Å². The SMILES string of the molecule is COc1cccc(NC(=O)CN(C)C(=O)CN2CCc3sccc3C2)c1. The van der Waals surface area contributed by atoms with E-state index in [1.165, 1.54) is 15.3 Å². The van der Waals surface area contributed by atoms with Crippen LogP contribution in [0.5, 0.6) is 5.75 Å². The van der Waals surface area contributed by atoms with Crippen molar-refractivity contribution in [3.63, 3.8) is 0 Å². The van der Waals surface area contributed by atoms with Gasteiger partial charge >= 0.3 is 0 Å². The van der Waals surface area contributed by atoms with E-state index >= 15 is 0 Å². The van der Waals surface area contributed by atoms with Gasteiger partial charge in [0.1, 0.15) is 5.75 Å². The highest BCUT2D eigenvalue weighted by atomic mass is 32.1. The number of benzene rings is 1. The molecule has 1 aromatic carbocycles. The average molecular weight is 373 g/mol. The van der Waals surface area contributed by atoms with Crippen molar-refractivity contribution in [2.24, 2.45) is 0 Å². The number of nitrogens with zero attached hydrogens (tertiary/aromatic N) is 2. The molecular weight excluding hydrogens is 350 g/mol. The Kier molecular flexibility index (Phi) is 5.90. The van der Waals surface area contributed by atoms with E-state index in [0.29, 0.717) is 18.0 Å². The second-order valence-electron chi connectivity index (χ2n) is 6.36. The van der Waals surface area contributed by atoms with E-state index in [1.54, 1.807) is 43.7 Å². The van der Waals surface area contributed by atoms with Crippen LogP contribution < -0.4 is 10.1 Å². The van der Waals surface area contributed by atoms with Crippen LogP contribution in [0, 0.1) is 0 Å². The largest absolute Gasteiger partial charge is 0.497 e. The predicted molar refractivity (Wildman–Crippen MR) is 103 cm³/mol. The highest BCUT2D eigenvalue weighted by Crippen LogP contribution is 2.23. The molecule has 0 saturated heterocycles. The number of carbonyl (C=O) groups excluding carboxylic acids is 2. The highest BCUT2D eigenvalue weighted by Gasteiger charge is 2.21. The molecule has 1 aliphatic rings. The van der Waals surface area contributed by atoms with Gasteiger partial charge in [-0.1, -0.05) is 6.07 Å². The molecule has 1 aromatic heterocycles. The number of nitrogens with one attached hydrogen (secondary N) is 1. The molecule has 0 unspecified atom stereocenters. The molecule has 0 atom stereocenters. The molecule has 138 valence electrons. The van der Waals surface area contributed by atoms with Crippen molar-refractivity contribution >= 4 is 28.8 Å². The van der Waals surface area contributed by atoms with Gasteiger partial charge in [0.05, 0.1) is 20.2 Å². The van der Waals surface area contributed by atoms with Gasteiger partial charge < -0.3 is 15.0 Å². The van der Waals surface area contributed by atoms with Gasteiger partial charge in [-0.3, -0.25) is 14.5 Å². The Bertz CT molecular complexity index is 790. The van der Waals surface area contributed by atoms with Crippen LogP contribution in [0.2, 0.25) is 0 Å². The summed E-state index contributed by atoms with van der Waals surface area (Å²) in [4.78, 5) is 29.6. The maximum atomic E-state index is 12.4. The van der Waals surface area contributed by atoms with Crippen LogP contribution in [-0.4, -0.2) is 55.4 Å². The number of carbonyl (C=O) groups is 2. The predicted octanol–water partition coefficient (Wildman–Crippen LogP) is 2.21. The maximum Gasteiger partial charge on any atom is 0.243 e. The third-order valence-electron chi connectivity index (χ3n) is 4.41. The van der Waals surface area contributed by atoms with Crippen molar-refractivity contribution in [3.05, 3.63) is 46.2 Å². The Hall–Kier alpha value is -2.38. The topological polar surface area (TPSA) is 61.9 Å². The lowest BCUT2D eigenvalue weighted by atomic mass is 10.1. The summed E-state index contributed by atoms with van der Waals surface area (Å²) in [5.74, 6) is 0.391. The fourth-order valence-corrected chi connectivity index (χ4v) is 3.85. The van der Waals surface area contributed by atoms with Gasteiger partial charge in [0.2, 0.25) is 11.8 Å². The third kappa shape index (κ3) is 4.62. The summed E-state index contributed by atoms with van der Waals surface area (Å²) in [7, 11) is 3.24. The summed E-state index contributed by atoms with van der Waals surface area (Å²) in [5.41, 5.74) is 1.96. The Morgan fingerprint density at radius 2 is 2.19 bits per heavy atom. The second kappa shape index (κ2) is 8.33. The molecule has 26 heavy (non-hydrogen) atoms. The fraction of sp³-hybridized carbons (Fsp3) is 0.368. The maximum absolute atomic E-state index is 12.4. The number of ether oxygens (including phenoxy) is 1. The van der Waals surface area contributed by atoms with Crippen molar-refractivity contribution in [2.45, 2.75) is 13.0 Å². The summed E-state index contributed by atoms with van der Waals surface area (Å²) in [6.45, 7) is 2.03. The standard InChI is InChI=1S/C19H23N3O3S/c1-21(12-18(23)20-15-4-3-5-16(10-15)25-2)19(24)13-22-8-6-17-14(11-22)7-9-26-17/h3-5,7,9-10H,6,8,11-13H2,1-2H3,(H,20,23). The van der Waals surface area contributed by atoms with Crippen molar-refractivity contribution < 1.29 is 14.3 Å². The van der Waals surface area contributed by atoms with E-state index in [4.69, 9.17) is 4.74 Å². The molecule has 7 heteroatoms. The fourth-order valence-electron chi connectivity index (χ4n) is 2.96. The molecule has 0 saturated carbocycles. The summed E-state index contributed by atoms with van der Waals surface area (Å²) < 4.78 is 5.14. The number of anilines is 1. The first kappa shape index (κ1) is 18.4. The van der Waals surface area contributed by atoms with Crippen LogP contribution in [-0.2, 0) is 22.6 Å². The average Bonchev–Trinajstić information content (AvgIpc) is 3.09. The normalized spacial score (nSPS) is 13.8. The van der Waals surface area contributed by atoms with Gasteiger partial charge in [-0.05, 0) is 35.6 Å². The highest BCUT2D eigenvalue weighted by molar-refractivity contribution is 7.10. The number of hydrogen-bond acceptors (Lipinski definition) is 5. The molecule has 2 heterocycles. The van der Waals surface area contributed by atoms with Crippen LogP contribution in [0.15, 0.2) is 35.7 Å². The third-order valence-corrected chi connectivity index (χ3v) is 5.43. The van der Waals surface area contributed by atoms with Crippen LogP contribution in [0.25, 0.3) is 0 Å². The zero-order valence-corrected chi connectivity index (χ0v) is 15.8. The van der Waals surface area contributed by atoms with Gasteiger partial charge in [-0.2, -0.15) is 0 Å². The summed E-state index contributed by atoms with van der Waals surface area (Å²) in [6, 6.07) is 9.27. The summed E-state index contributed by atoms with van der Waals surface area (Å²) >= 11 is 1.78. The molecule has 1 N–H and O–H groups in total. The first-order valence-corrected chi connectivity index (χ1v) is 9.38. The Labute approximate surface area is 157 Å². The lowest BCUT2D eigenvalue weighted by Crippen LogP contribution is -2.43. The van der Waals surface area contributed by atoms with Gasteiger partial charge in [-0.25, -0.2) is 0 Å². The van der Waals surface area contributed by atoms with Gasteiger partial charge in [-0.15, -0.1) is 11.3 Å². The van der Waals surface area contributed by atoms with E-state index in [1.807, 2.05) is 6.07 Å². The van der Waals surface area contributed by atoms with Gasteiger partial charge in [0, 0.05) is 36.8 Å². The molecule has 0 radical (unpaired) electrons. The molecule has 0 fully saturated rings. The van der Waals surface area contributed by atoms with Crippen molar-refractivity contribution in [3.8, 4) is 5.75 Å². The first-order chi connectivity index (χ1) is 12.5. The van der Waals surface area contributed by atoms with E-state index < -0.39 is 0 Å². The number of thiophene rings is 1. The molecule has 6 nitrogen and oxygen atoms in total. The first-order valence-electron chi connectivity index (χ1n) is 8.50. The van der Waals surface area contributed by atoms with Gasteiger partial charge in [0.25, 0.3) is 0 Å². The smallest absolute Gasteiger partial charge is 0.243 e. The quantitative estimate of drug-likeness (QED) is 0.843. The Morgan fingerprint density at radius 1 is 1.35 bits per heavy atom. The van der Waals surface area contributed by atoms with Crippen molar-refractivity contribution in [1.29, 1.82) is 0 Å². The van der Waals surface area contributed by atoms with Crippen LogP contribution in [0.4, 0.5) is 5.69 Å². The summed E-state index contributed by atoms with van der Waals surface area (Å²) in [5, 5.41) is 4.89. The van der Waals surface area contributed by atoms with E-state index in [9.17, 15) is 9.59 Å². The summed E-state index contributed by atoms with van der Waals surface area (Å²) in [6.07, 6.45) is 0.986. The molecular formula is C19H23N3O3S. The zero-order valence-electron chi connectivity index (χ0n) is 15.0. The molecule has 2 amide bonds. The van der Waals surface area contributed by atoms with Crippen molar-refractivity contribution in [1.82, 2.24) is 9.80 Å². The molecule has 1 aliphatic heterocycles. The number of likely N-dealkylation sites (N-methyl/N-ethyl adjacent to an activating group) is 1. The van der Waals surface area contributed by atoms with E-state index in [0.717, 1.165) is 19.5 Å². The number of methoxy groups -OCH3 is 1. The van der Waals surface area contributed by atoms with Crippen LogP contribution >= 0.6 is 11.3 Å². The van der Waals surface area contributed by atoms with Crippen LogP contribution in [0.3, 0.4) is 0 Å². The van der Waals surface area contributed by atoms with Gasteiger partial charge in [0.15, 0.2) is 0 Å². The number of hydrogen-bond donors (Lipinski definition) is 1. The van der Waals surface area contributed by atoms with Crippen molar-refractivity contribution in [2.75, 3.05) is 39.1 Å². The lowest BCUT2D eigenvalue weighted by molar-refractivity contribution is -0.134. The Morgan fingerprint density at radius 3 is 3.00 bits per heavy atom. The number of fused-ring (bicyclic) bond motifs is 1. The minimum Gasteiger partial charge on any atom is -0.497 e. The minimum atomic E-state index is -0.229. The minimum absolute atomic E-state index is 0.0214. The lowest BCUT2D eigenvalue weighted by Gasteiger charge is -2.28. The Balaban J connectivity index is 1.48. The number of rotatable bonds is 6.